The lowest BCUT2D eigenvalue weighted by molar-refractivity contribution is 0.456. The minimum atomic E-state index is -0.388. The third kappa shape index (κ3) is 3.71. The number of ether oxygens (including phenoxy) is 1. The molecule has 1 aliphatic heterocycles. The van der Waals surface area contributed by atoms with Crippen molar-refractivity contribution in [3.05, 3.63) is 168 Å². The molecule has 0 saturated carbocycles. The van der Waals surface area contributed by atoms with Crippen molar-refractivity contribution < 1.29 is 11.6 Å². The monoisotopic (exact) mass is 515 g/mol. The van der Waals surface area contributed by atoms with E-state index in [-0.39, 0.29) is 41.7 Å². The van der Waals surface area contributed by atoms with Crippen LogP contribution in [0.3, 0.4) is 0 Å². The summed E-state index contributed by atoms with van der Waals surface area (Å²) in [6.45, 7) is 0. The van der Waals surface area contributed by atoms with Crippen LogP contribution in [0, 0.1) is 0 Å². The first kappa shape index (κ1) is 18.2. The second-order valence-electron chi connectivity index (χ2n) is 10.1. The number of rotatable bonds is 3. The molecule has 0 aliphatic carbocycles. The molecular weight excluding hydrogens is 484 g/mol. The molecular formula is C39H26O. The number of benzene rings is 7. The van der Waals surface area contributed by atoms with Crippen LogP contribution in [0.5, 0.6) is 11.5 Å². The van der Waals surface area contributed by atoms with E-state index in [2.05, 4.69) is 97.1 Å². The Morgan fingerprint density at radius 3 is 1.48 bits per heavy atom. The molecule has 7 aromatic carbocycles. The largest absolute Gasteiger partial charge is 0.457 e. The van der Waals surface area contributed by atoms with E-state index in [1.165, 1.54) is 21.5 Å². The first-order chi connectivity index (χ1) is 21.9. The molecule has 0 saturated heterocycles. The van der Waals surface area contributed by atoms with Crippen molar-refractivity contribution in [1.29, 1.82) is 0 Å². The average Bonchev–Trinajstić information content (AvgIpc) is 3.09. The molecule has 0 N–H and O–H groups in total. The fraction of sp³-hybridized carbons (Fsp3) is 0.0256. The second-order valence-corrected chi connectivity index (χ2v) is 10.1. The predicted molar refractivity (Wildman–Crippen MR) is 166 cm³/mol. The van der Waals surface area contributed by atoms with Crippen LogP contribution in [0.25, 0.3) is 43.8 Å². The molecule has 188 valence electrons. The Morgan fingerprint density at radius 2 is 0.925 bits per heavy atom. The predicted octanol–water partition coefficient (Wildman–Crippen LogP) is 10.6. The van der Waals surface area contributed by atoms with Gasteiger partial charge in [0.05, 0.1) is 6.85 Å². The maximum atomic E-state index is 8.33. The summed E-state index contributed by atoms with van der Waals surface area (Å²) in [4.78, 5) is 0. The third-order valence-corrected chi connectivity index (χ3v) is 7.91. The Labute approximate surface area is 241 Å². The zero-order valence-electron chi connectivity index (χ0n) is 26.5. The molecule has 8 rings (SSSR count). The summed E-state index contributed by atoms with van der Waals surface area (Å²) in [5.41, 5.74) is 6.27. The molecule has 0 atom stereocenters. The third-order valence-electron chi connectivity index (χ3n) is 7.91. The molecule has 0 radical (unpaired) electrons. The van der Waals surface area contributed by atoms with Gasteiger partial charge in [0, 0.05) is 17.0 Å². The fourth-order valence-corrected chi connectivity index (χ4v) is 6.01. The minimum Gasteiger partial charge on any atom is -0.457 e. The van der Waals surface area contributed by atoms with Crippen molar-refractivity contribution in [2.24, 2.45) is 0 Å². The van der Waals surface area contributed by atoms with Gasteiger partial charge in [0.1, 0.15) is 11.5 Å². The lowest BCUT2D eigenvalue weighted by Gasteiger charge is -2.31. The van der Waals surface area contributed by atoms with Crippen LogP contribution in [0.2, 0.25) is 0 Å². The molecule has 40 heavy (non-hydrogen) atoms. The molecule has 1 heteroatoms. The summed E-state index contributed by atoms with van der Waals surface area (Å²) in [5.74, 6) is 1.70. The first-order valence-electron chi connectivity index (χ1n) is 15.9. The van der Waals surface area contributed by atoms with Crippen molar-refractivity contribution in [3.63, 3.8) is 0 Å². The van der Waals surface area contributed by atoms with Crippen LogP contribution in [-0.2, 0) is 0 Å². The van der Waals surface area contributed by atoms with Crippen molar-refractivity contribution in [3.8, 4) is 33.8 Å². The fourth-order valence-electron chi connectivity index (χ4n) is 6.01. The van der Waals surface area contributed by atoms with Crippen LogP contribution < -0.4 is 4.74 Å². The molecule has 0 unspecified atom stereocenters. The van der Waals surface area contributed by atoms with E-state index in [4.69, 9.17) is 11.6 Å². The van der Waals surface area contributed by atoms with Gasteiger partial charge in [-0.15, -0.1) is 0 Å². The highest BCUT2D eigenvalue weighted by Crippen LogP contribution is 2.52. The SMILES string of the molecule is [2H]c1c([2H])c([2H])c(-c2ccc(-c3ccc(C4c5c(ccc6ccccc56)Oc5ccc6ccccc6c54)cc3)cc2)c([2H])c1[2H]. The number of fused-ring (bicyclic) bond motifs is 6. The van der Waals surface area contributed by atoms with Gasteiger partial charge in [-0.3, -0.25) is 0 Å². The van der Waals surface area contributed by atoms with Crippen molar-refractivity contribution in [1.82, 2.24) is 0 Å². The highest BCUT2D eigenvalue weighted by Gasteiger charge is 2.32. The summed E-state index contributed by atoms with van der Waals surface area (Å²) in [7, 11) is 0. The summed E-state index contributed by atoms with van der Waals surface area (Å²) in [5, 5.41) is 4.69. The van der Waals surface area contributed by atoms with Crippen LogP contribution in [0.1, 0.15) is 29.5 Å². The van der Waals surface area contributed by atoms with Crippen molar-refractivity contribution >= 4 is 21.5 Å². The lowest BCUT2D eigenvalue weighted by atomic mass is 9.78. The molecule has 7 aromatic rings. The van der Waals surface area contributed by atoms with Gasteiger partial charge in [-0.1, -0.05) is 139 Å². The zero-order valence-corrected chi connectivity index (χ0v) is 21.5. The van der Waals surface area contributed by atoms with Crippen LogP contribution >= 0.6 is 0 Å². The van der Waals surface area contributed by atoms with Crippen LogP contribution in [-0.4, -0.2) is 0 Å². The summed E-state index contributed by atoms with van der Waals surface area (Å²) >= 11 is 0. The summed E-state index contributed by atoms with van der Waals surface area (Å²) < 4.78 is 47.2. The van der Waals surface area contributed by atoms with Gasteiger partial charge in [0.25, 0.3) is 0 Å². The van der Waals surface area contributed by atoms with Gasteiger partial charge in [-0.2, -0.15) is 0 Å². The van der Waals surface area contributed by atoms with Crippen molar-refractivity contribution in [2.45, 2.75) is 5.92 Å². The van der Waals surface area contributed by atoms with Gasteiger partial charge in [0.15, 0.2) is 0 Å². The van der Waals surface area contributed by atoms with E-state index in [0.717, 1.165) is 39.3 Å². The lowest BCUT2D eigenvalue weighted by Crippen LogP contribution is -2.13. The molecule has 0 bridgehead atoms. The Hall–Kier alpha value is -5.14. The number of hydrogen-bond acceptors (Lipinski definition) is 1. The first-order valence-corrected chi connectivity index (χ1v) is 13.4. The van der Waals surface area contributed by atoms with Gasteiger partial charge in [-0.05, 0) is 61.5 Å². The van der Waals surface area contributed by atoms with Gasteiger partial charge in [0.2, 0.25) is 0 Å². The van der Waals surface area contributed by atoms with E-state index in [1.54, 1.807) is 0 Å². The Balaban J connectivity index is 1.23. The normalized spacial score (nSPS) is 14.3. The Bertz CT molecular complexity index is 2180. The van der Waals surface area contributed by atoms with Crippen molar-refractivity contribution in [2.75, 3.05) is 0 Å². The van der Waals surface area contributed by atoms with Gasteiger partial charge < -0.3 is 4.74 Å². The minimum absolute atomic E-state index is 0.0403. The quantitative estimate of drug-likeness (QED) is 0.227. The maximum absolute atomic E-state index is 8.33. The maximum Gasteiger partial charge on any atom is 0.132 e. The van der Waals surface area contributed by atoms with E-state index >= 15 is 0 Å². The molecule has 1 heterocycles. The van der Waals surface area contributed by atoms with Crippen LogP contribution in [0.4, 0.5) is 0 Å². The molecule has 0 amide bonds. The Kier molecular flexibility index (Phi) is 4.21. The van der Waals surface area contributed by atoms with E-state index in [0.29, 0.717) is 5.56 Å². The number of hydrogen-bond donors (Lipinski definition) is 0. The second kappa shape index (κ2) is 9.25. The van der Waals surface area contributed by atoms with Gasteiger partial charge >= 0.3 is 0 Å². The Morgan fingerprint density at radius 1 is 0.450 bits per heavy atom. The highest BCUT2D eigenvalue weighted by atomic mass is 16.5. The molecule has 1 aliphatic rings. The van der Waals surface area contributed by atoms with E-state index in [1.807, 2.05) is 24.3 Å². The molecule has 1 nitrogen and oxygen atoms in total. The average molecular weight is 516 g/mol. The standard InChI is InChI=1S/C39H26O/c1-2-8-26(9-3-1)27-14-16-28(17-15-27)29-18-20-32(21-19-29)37-38-33-12-6-4-10-30(33)22-24-35(38)40-36-25-23-31-11-5-7-13-34(31)39(36)37/h1-25,37H/i1D,2D,3D,8D,9D. The van der Waals surface area contributed by atoms with Gasteiger partial charge in [-0.25, -0.2) is 0 Å². The zero-order chi connectivity index (χ0) is 30.8. The van der Waals surface area contributed by atoms with E-state index in [9.17, 15) is 0 Å². The van der Waals surface area contributed by atoms with E-state index < -0.39 is 0 Å². The van der Waals surface area contributed by atoms with Crippen LogP contribution in [0.15, 0.2) is 152 Å². The summed E-state index contributed by atoms with van der Waals surface area (Å²) in [6, 6.07) is 40.0. The molecule has 0 spiro atoms. The smallest absolute Gasteiger partial charge is 0.132 e. The topological polar surface area (TPSA) is 9.23 Å². The summed E-state index contributed by atoms with van der Waals surface area (Å²) in [6.07, 6.45) is 0. The molecule has 0 fully saturated rings. The highest BCUT2D eigenvalue weighted by molar-refractivity contribution is 5.95. The molecule has 0 aromatic heterocycles.